The van der Waals surface area contributed by atoms with Gasteiger partial charge in [0.05, 0.1) is 13.7 Å². The van der Waals surface area contributed by atoms with Crippen LogP contribution in [-0.4, -0.2) is 54.8 Å². The van der Waals surface area contributed by atoms with Crippen molar-refractivity contribution < 1.29 is 14.3 Å². The lowest BCUT2D eigenvalue weighted by Crippen LogP contribution is -2.46. The number of carbonyl (C=O) groups is 2. The zero-order valence-corrected chi connectivity index (χ0v) is 18.3. The van der Waals surface area contributed by atoms with E-state index in [1.54, 1.807) is 11.8 Å². The third kappa shape index (κ3) is 5.64. The molecule has 0 radical (unpaired) electrons. The molecule has 2 aromatic carbocycles. The molecule has 1 aromatic heterocycles. The first-order valence-electron chi connectivity index (χ1n) is 9.73. The van der Waals surface area contributed by atoms with Crippen molar-refractivity contribution in [3.05, 3.63) is 65.9 Å². The van der Waals surface area contributed by atoms with Gasteiger partial charge in [-0.15, -0.1) is 11.8 Å². The number of para-hydroxylation sites is 1. The number of aromatic nitrogens is 1. The molecule has 1 amide bonds. The summed E-state index contributed by atoms with van der Waals surface area (Å²) in [6.45, 7) is 0.832. The maximum Gasteiger partial charge on any atom is 0.328 e. The van der Waals surface area contributed by atoms with E-state index in [0.29, 0.717) is 13.0 Å². The van der Waals surface area contributed by atoms with Crippen molar-refractivity contribution >= 4 is 34.5 Å². The predicted molar refractivity (Wildman–Crippen MR) is 121 cm³/mol. The fourth-order valence-electron chi connectivity index (χ4n) is 3.44. The van der Waals surface area contributed by atoms with Gasteiger partial charge in [0, 0.05) is 35.0 Å². The predicted octanol–water partition coefficient (Wildman–Crippen LogP) is 3.22. The number of benzene rings is 2. The number of aromatic amines is 1. The fourth-order valence-corrected chi connectivity index (χ4v) is 3.85. The molecule has 1 atom stereocenters. The summed E-state index contributed by atoms with van der Waals surface area (Å²) in [6, 6.07) is 15.4. The normalized spacial score (nSPS) is 12.1. The van der Waals surface area contributed by atoms with E-state index in [-0.39, 0.29) is 12.5 Å². The second-order valence-corrected chi connectivity index (χ2v) is 8.11. The van der Waals surface area contributed by atoms with Crippen molar-refractivity contribution in [2.24, 2.45) is 0 Å². The van der Waals surface area contributed by atoms with E-state index in [1.165, 1.54) is 12.0 Å². The zero-order chi connectivity index (χ0) is 21.5. The quantitative estimate of drug-likeness (QED) is 0.407. The zero-order valence-electron chi connectivity index (χ0n) is 17.5. The second-order valence-electron chi connectivity index (χ2n) is 7.23. The third-order valence-corrected chi connectivity index (χ3v) is 5.69. The number of amides is 1. The van der Waals surface area contributed by atoms with Crippen molar-refractivity contribution in [2.75, 3.05) is 27.0 Å². The highest BCUT2D eigenvalue weighted by Gasteiger charge is 2.23. The van der Waals surface area contributed by atoms with Gasteiger partial charge >= 0.3 is 5.97 Å². The number of fused-ring (bicyclic) bond motifs is 1. The van der Waals surface area contributed by atoms with Crippen LogP contribution in [0.5, 0.6) is 0 Å². The minimum Gasteiger partial charge on any atom is -0.467 e. The summed E-state index contributed by atoms with van der Waals surface area (Å²) >= 11 is 1.70. The Bertz CT molecular complexity index is 1000. The van der Waals surface area contributed by atoms with Gasteiger partial charge in [0.2, 0.25) is 5.91 Å². The van der Waals surface area contributed by atoms with Gasteiger partial charge in [-0.3, -0.25) is 9.69 Å². The number of hydrogen-bond acceptors (Lipinski definition) is 5. The molecule has 7 heteroatoms. The topological polar surface area (TPSA) is 74.4 Å². The highest BCUT2D eigenvalue weighted by atomic mass is 32.2. The van der Waals surface area contributed by atoms with Crippen LogP contribution in [0.1, 0.15) is 11.1 Å². The number of rotatable bonds is 9. The van der Waals surface area contributed by atoms with E-state index in [9.17, 15) is 9.59 Å². The third-order valence-electron chi connectivity index (χ3n) is 4.94. The van der Waals surface area contributed by atoms with Gasteiger partial charge in [-0.05, 0) is 42.6 Å². The highest BCUT2D eigenvalue weighted by Crippen LogP contribution is 2.19. The number of methoxy groups -OCH3 is 1. The Morgan fingerprint density at radius 1 is 1.17 bits per heavy atom. The summed E-state index contributed by atoms with van der Waals surface area (Å²) in [5.41, 5.74) is 3.09. The molecule has 0 spiro atoms. The van der Waals surface area contributed by atoms with Gasteiger partial charge in [-0.2, -0.15) is 0 Å². The molecule has 0 bridgehead atoms. The van der Waals surface area contributed by atoms with E-state index in [0.717, 1.165) is 22.0 Å². The molecule has 6 nitrogen and oxygen atoms in total. The molecule has 0 fully saturated rings. The lowest BCUT2D eigenvalue weighted by Gasteiger charge is -2.20. The number of likely N-dealkylation sites (N-methyl/N-ethyl adjacent to an activating group) is 1. The van der Waals surface area contributed by atoms with Crippen molar-refractivity contribution in [1.29, 1.82) is 0 Å². The van der Waals surface area contributed by atoms with E-state index in [4.69, 9.17) is 4.74 Å². The number of hydrogen-bond donors (Lipinski definition) is 2. The molecule has 0 aliphatic rings. The number of H-pyrrole nitrogens is 1. The van der Waals surface area contributed by atoms with Crippen molar-refractivity contribution in [3.63, 3.8) is 0 Å². The first-order valence-corrected chi connectivity index (χ1v) is 11.0. The molecule has 0 saturated heterocycles. The Morgan fingerprint density at radius 2 is 1.90 bits per heavy atom. The molecule has 0 aliphatic heterocycles. The maximum atomic E-state index is 12.6. The Balaban J connectivity index is 1.61. The minimum atomic E-state index is -0.740. The summed E-state index contributed by atoms with van der Waals surface area (Å²) in [5.74, 6) is -0.669. The fraction of sp³-hybridized carbons (Fsp3) is 0.304. The van der Waals surface area contributed by atoms with Gasteiger partial charge in [0.1, 0.15) is 6.04 Å². The number of nitrogens with zero attached hydrogens (tertiary/aromatic N) is 1. The number of carbonyl (C=O) groups excluding carboxylic acids is 2. The minimum absolute atomic E-state index is 0.186. The van der Waals surface area contributed by atoms with E-state index < -0.39 is 12.0 Å². The first-order chi connectivity index (χ1) is 14.5. The van der Waals surface area contributed by atoms with Crippen LogP contribution in [-0.2, 0) is 27.3 Å². The van der Waals surface area contributed by atoms with Gasteiger partial charge in [0.15, 0.2) is 0 Å². The van der Waals surface area contributed by atoms with Crippen molar-refractivity contribution in [2.45, 2.75) is 23.9 Å². The largest absolute Gasteiger partial charge is 0.467 e. The summed E-state index contributed by atoms with van der Waals surface area (Å²) in [4.78, 5) is 31.2. The highest BCUT2D eigenvalue weighted by molar-refractivity contribution is 7.98. The van der Waals surface area contributed by atoms with Crippen LogP contribution in [0.25, 0.3) is 10.9 Å². The maximum absolute atomic E-state index is 12.6. The van der Waals surface area contributed by atoms with Crippen molar-refractivity contribution in [1.82, 2.24) is 15.2 Å². The Hall–Kier alpha value is -2.77. The van der Waals surface area contributed by atoms with Crippen LogP contribution in [0.3, 0.4) is 0 Å². The first kappa shape index (κ1) is 21.9. The molecule has 0 saturated carbocycles. The molecule has 2 N–H and O–H groups in total. The van der Waals surface area contributed by atoms with E-state index >= 15 is 0 Å². The van der Waals surface area contributed by atoms with Crippen LogP contribution in [0.15, 0.2) is 59.6 Å². The van der Waals surface area contributed by atoms with E-state index in [2.05, 4.69) is 34.6 Å². The van der Waals surface area contributed by atoms with E-state index in [1.807, 2.05) is 48.7 Å². The monoisotopic (exact) mass is 425 g/mol. The molecular weight excluding hydrogens is 398 g/mol. The molecule has 30 heavy (non-hydrogen) atoms. The number of nitrogens with one attached hydrogen (secondary N) is 2. The molecule has 1 heterocycles. The summed E-state index contributed by atoms with van der Waals surface area (Å²) in [6.07, 6.45) is 4.28. The summed E-state index contributed by atoms with van der Waals surface area (Å²) < 4.78 is 4.92. The van der Waals surface area contributed by atoms with Crippen LogP contribution in [0, 0.1) is 0 Å². The average Bonchev–Trinajstić information content (AvgIpc) is 3.16. The molecule has 3 aromatic rings. The summed E-state index contributed by atoms with van der Waals surface area (Å²) in [7, 11) is 3.22. The SMILES string of the molecule is COC(=O)[C@@H](Cc1c[nH]c2ccccc12)NC(=O)CN(C)Cc1ccc(SC)cc1. The molecule has 0 aliphatic carbocycles. The molecule has 158 valence electrons. The lowest BCUT2D eigenvalue weighted by molar-refractivity contribution is -0.145. The van der Waals surface area contributed by atoms with Gasteiger partial charge in [0.25, 0.3) is 0 Å². The smallest absolute Gasteiger partial charge is 0.328 e. The summed E-state index contributed by atoms with van der Waals surface area (Å²) in [5, 5.41) is 3.87. The number of ether oxygens (including phenoxy) is 1. The average molecular weight is 426 g/mol. The van der Waals surface area contributed by atoms with Crippen LogP contribution >= 0.6 is 11.8 Å². The number of thioether (sulfide) groups is 1. The Kier molecular flexibility index (Phi) is 7.54. The lowest BCUT2D eigenvalue weighted by atomic mass is 10.0. The molecule has 3 rings (SSSR count). The van der Waals surface area contributed by atoms with Crippen molar-refractivity contribution in [3.8, 4) is 0 Å². The van der Waals surface area contributed by atoms with Gasteiger partial charge in [-0.1, -0.05) is 30.3 Å². The van der Waals surface area contributed by atoms with Crippen LogP contribution in [0.2, 0.25) is 0 Å². The number of esters is 1. The van der Waals surface area contributed by atoms with Gasteiger partial charge in [-0.25, -0.2) is 4.79 Å². The van der Waals surface area contributed by atoms with Crippen LogP contribution in [0.4, 0.5) is 0 Å². The van der Waals surface area contributed by atoms with Crippen LogP contribution < -0.4 is 5.32 Å². The molecular formula is C23H27N3O3S. The Morgan fingerprint density at radius 3 is 2.60 bits per heavy atom. The van der Waals surface area contributed by atoms with Gasteiger partial charge < -0.3 is 15.0 Å². The molecule has 0 unspecified atom stereocenters. The second kappa shape index (κ2) is 10.3. The standard InChI is InChI=1S/C23H27N3O3S/c1-26(14-16-8-10-18(30-3)11-9-16)15-22(27)25-21(23(28)29-2)12-17-13-24-20-7-5-4-6-19(17)20/h4-11,13,21,24H,12,14-15H2,1-3H3,(H,25,27)/t21-/m1/s1. The Labute approximate surface area is 181 Å².